The SMILES string of the molecule is CC(=O)NN1C(=O)c2ccccc2NC1c1ccccc1Cl. The third-order valence-electron chi connectivity index (χ3n) is 3.40. The van der Waals surface area contributed by atoms with Crippen molar-refractivity contribution in [3.63, 3.8) is 0 Å². The van der Waals surface area contributed by atoms with Crippen LogP contribution in [0.1, 0.15) is 29.0 Å². The van der Waals surface area contributed by atoms with E-state index in [1.807, 2.05) is 30.3 Å². The topological polar surface area (TPSA) is 61.4 Å². The molecule has 2 amide bonds. The van der Waals surface area contributed by atoms with Crippen LogP contribution < -0.4 is 10.7 Å². The molecule has 1 aliphatic rings. The number of nitrogens with zero attached hydrogens (tertiary/aromatic N) is 1. The van der Waals surface area contributed by atoms with Gasteiger partial charge in [0.1, 0.15) is 6.17 Å². The van der Waals surface area contributed by atoms with E-state index in [2.05, 4.69) is 10.7 Å². The molecule has 3 rings (SSSR count). The van der Waals surface area contributed by atoms with Gasteiger partial charge in [-0.25, -0.2) is 5.01 Å². The highest BCUT2D eigenvalue weighted by atomic mass is 35.5. The van der Waals surface area contributed by atoms with Gasteiger partial charge in [-0.05, 0) is 18.2 Å². The van der Waals surface area contributed by atoms with Gasteiger partial charge in [0, 0.05) is 23.2 Å². The summed E-state index contributed by atoms with van der Waals surface area (Å²) in [6.07, 6.45) is -0.569. The fourth-order valence-electron chi connectivity index (χ4n) is 2.45. The van der Waals surface area contributed by atoms with Crippen LogP contribution in [0.4, 0.5) is 5.69 Å². The number of nitrogens with one attached hydrogen (secondary N) is 2. The van der Waals surface area contributed by atoms with Gasteiger partial charge in [0.2, 0.25) is 5.91 Å². The summed E-state index contributed by atoms with van der Waals surface area (Å²) in [5, 5.41) is 5.03. The van der Waals surface area contributed by atoms with E-state index in [1.54, 1.807) is 18.2 Å². The van der Waals surface area contributed by atoms with Crippen LogP contribution in [0, 0.1) is 0 Å². The van der Waals surface area contributed by atoms with Gasteiger partial charge in [-0.1, -0.05) is 41.9 Å². The number of fused-ring (bicyclic) bond motifs is 1. The number of rotatable bonds is 2. The summed E-state index contributed by atoms with van der Waals surface area (Å²) in [5.74, 6) is -0.610. The molecule has 6 heteroatoms. The number of carbonyl (C=O) groups is 2. The van der Waals surface area contributed by atoms with Crippen molar-refractivity contribution in [1.82, 2.24) is 10.4 Å². The molecule has 112 valence electrons. The Labute approximate surface area is 132 Å². The first-order chi connectivity index (χ1) is 10.6. The summed E-state index contributed by atoms with van der Waals surface area (Å²) in [5.41, 5.74) is 4.49. The van der Waals surface area contributed by atoms with Crippen LogP contribution in [0.3, 0.4) is 0 Å². The Balaban J connectivity index is 2.09. The Kier molecular flexibility index (Phi) is 3.73. The van der Waals surface area contributed by atoms with E-state index in [4.69, 9.17) is 11.6 Å². The first kappa shape index (κ1) is 14.4. The smallest absolute Gasteiger partial charge is 0.276 e. The van der Waals surface area contributed by atoms with Crippen LogP contribution in [0.5, 0.6) is 0 Å². The largest absolute Gasteiger partial charge is 0.359 e. The monoisotopic (exact) mass is 315 g/mol. The van der Waals surface area contributed by atoms with Crippen LogP contribution in [0.25, 0.3) is 0 Å². The van der Waals surface area contributed by atoms with Crippen LogP contribution in [0.2, 0.25) is 5.02 Å². The lowest BCUT2D eigenvalue weighted by Crippen LogP contribution is -2.52. The number of anilines is 1. The standard InChI is InChI=1S/C16H14ClN3O2/c1-10(21)19-20-15(11-6-2-4-8-13(11)17)18-14-9-5-3-7-12(14)16(20)22/h2-9,15,18H,1H3,(H,19,21). The Bertz CT molecular complexity index is 748. The van der Waals surface area contributed by atoms with Crippen molar-refractivity contribution in [2.45, 2.75) is 13.1 Å². The number of carbonyl (C=O) groups excluding carboxylic acids is 2. The molecule has 0 aromatic heterocycles. The number of amides is 2. The highest BCUT2D eigenvalue weighted by molar-refractivity contribution is 6.31. The molecule has 0 bridgehead atoms. The van der Waals surface area contributed by atoms with Gasteiger partial charge in [-0.3, -0.25) is 15.0 Å². The molecule has 0 fully saturated rings. The highest BCUT2D eigenvalue weighted by Gasteiger charge is 2.34. The van der Waals surface area contributed by atoms with Crippen molar-refractivity contribution in [2.24, 2.45) is 0 Å². The molecule has 0 saturated carbocycles. The zero-order valence-corrected chi connectivity index (χ0v) is 12.6. The van der Waals surface area contributed by atoms with Gasteiger partial charge in [0.05, 0.1) is 5.56 Å². The molecular weight excluding hydrogens is 302 g/mol. The summed E-state index contributed by atoms with van der Waals surface area (Å²) in [7, 11) is 0. The molecule has 1 unspecified atom stereocenters. The van der Waals surface area contributed by atoms with Crippen molar-refractivity contribution >= 4 is 29.1 Å². The van der Waals surface area contributed by atoms with E-state index >= 15 is 0 Å². The molecular formula is C16H14ClN3O2. The molecule has 0 radical (unpaired) electrons. The van der Waals surface area contributed by atoms with Crippen molar-refractivity contribution in [1.29, 1.82) is 0 Å². The molecule has 0 spiro atoms. The van der Waals surface area contributed by atoms with E-state index in [1.165, 1.54) is 11.9 Å². The zero-order valence-electron chi connectivity index (χ0n) is 11.8. The van der Waals surface area contributed by atoms with Crippen LogP contribution in [-0.2, 0) is 4.79 Å². The number of hydrazine groups is 1. The summed E-state index contributed by atoms with van der Waals surface area (Å²) in [6, 6.07) is 14.4. The highest BCUT2D eigenvalue weighted by Crippen LogP contribution is 2.34. The minimum atomic E-state index is -0.569. The van der Waals surface area contributed by atoms with E-state index < -0.39 is 6.17 Å². The quantitative estimate of drug-likeness (QED) is 0.895. The molecule has 1 heterocycles. The lowest BCUT2D eigenvalue weighted by atomic mass is 10.0. The number of halogens is 1. The number of hydrogen-bond acceptors (Lipinski definition) is 3. The molecule has 2 aromatic rings. The van der Waals surface area contributed by atoms with E-state index in [0.717, 1.165) is 0 Å². The predicted octanol–water partition coefficient (Wildman–Crippen LogP) is 2.96. The number of hydrogen-bond donors (Lipinski definition) is 2. The minimum Gasteiger partial charge on any atom is -0.359 e. The van der Waals surface area contributed by atoms with E-state index in [0.29, 0.717) is 21.8 Å². The lowest BCUT2D eigenvalue weighted by molar-refractivity contribution is -0.123. The van der Waals surface area contributed by atoms with Crippen LogP contribution >= 0.6 is 11.6 Å². The molecule has 0 aliphatic carbocycles. The molecule has 5 nitrogen and oxygen atoms in total. The molecule has 2 aromatic carbocycles. The van der Waals surface area contributed by atoms with E-state index in [-0.39, 0.29) is 11.8 Å². The summed E-state index contributed by atoms with van der Waals surface area (Å²) < 4.78 is 0. The predicted molar refractivity (Wildman–Crippen MR) is 84.2 cm³/mol. The molecule has 0 saturated heterocycles. The lowest BCUT2D eigenvalue weighted by Gasteiger charge is -2.37. The van der Waals surface area contributed by atoms with Crippen LogP contribution in [0.15, 0.2) is 48.5 Å². The molecule has 22 heavy (non-hydrogen) atoms. The number of benzene rings is 2. The maximum absolute atomic E-state index is 12.7. The summed E-state index contributed by atoms with van der Waals surface area (Å²) in [4.78, 5) is 24.1. The Hall–Kier alpha value is -2.53. The molecule has 1 aliphatic heterocycles. The second kappa shape index (κ2) is 5.69. The average Bonchev–Trinajstić information content (AvgIpc) is 2.50. The van der Waals surface area contributed by atoms with Gasteiger partial charge in [-0.15, -0.1) is 0 Å². The first-order valence-electron chi connectivity index (χ1n) is 6.78. The van der Waals surface area contributed by atoms with Crippen LogP contribution in [-0.4, -0.2) is 16.8 Å². The third kappa shape index (κ3) is 2.51. The third-order valence-corrected chi connectivity index (χ3v) is 3.75. The van der Waals surface area contributed by atoms with Crippen molar-refractivity contribution in [2.75, 3.05) is 5.32 Å². The Morgan fingerprint density at radius 1 is 1.18 bits per heavy atom. The van der Waals surface area contributed by atoms with Crippen molar-refractivity contribution < 1.29 is 9.59 Å². The zero-order chi connectivity index (χ0) is 15.7. The van der Waals surface area contributed by atoms with Gasteiger partial charge < -0.3 is 5.32 Å². The van der Waals surface area contributed by atoms with Gasteiger partial charge >= 0.3 is 0 Å². The molecule has 2 N–H and O–H groups in total. The fraction of sp³-hybridized carbons (Fsp3) is 0.125. The first-order valence-corrected chi connectivity index (χ1v) is 7.16. The second-order valence-electron chi connectivity index (χ2n) is 4.96. The summed E-state index contributed by atoms with van der Waals surface area (Å²) in [6.45, 7) is 1.36. The van der Waals surface area contributed by atoms with Crippen molar-refractivity contribution in [3.05, 3.63) is 64.7 Å². The van der Waals surface area contributed by atoms with Gasteiger partial charge in [0.25, 0.3) is 5.91 Å². The fourth-order valence-corrected chi connectivity index (χ4v) is 2.69. The maximum atomic E-state index is 12.7. The summed E-state index contributed by atoms with van der Waals surface area (Å²) >= 11 is 6.24. The Morgan fingerprint density at radius 3 is 2.59 bits per heavy atom. The second-order valence-corrected chi connectivity index (χ2v) is 5.36. The average molecular weight is 316 g/mol. The van der Waals surface area contributed by atoms with Gasteiger partial charge in [-0.2, -0.15) is 0 Å². The molecule has 1 atom stereocenters. The van der Waals surface area contributed by atoms with Gasteiger partial charge in [0.15, 0.2) is 0 Å². The van der Waals surface area contributed by atoms with E-state index in [9.17, 15) is 9.59 Å². The minimum absolute atomic E-state index is 0.283. The van der Waals surface area contributed by atoms with Crippen molar-refractivity contribution in [3.8, 4) is 0 Å². The Morgan fingerprint density at radius 2 is 1.86 bits per heavy atom. The maximum Gasteiger partial charge on any atom is 0.276 e. The normalized spacial score (nSPS) is 16.7. The number of para-hydroxylation sites is 1.